The molecule has 0 spiro atoms. The molecule has 2 atom stereocenters. The number of hydrogen-bond donors (Lipinski definition) is 1. The Morgan fingerprint density at radius 1 is 1.32 bits per heavy atom. The standard InChI is InChI=1S/C19H27NO5/c1-5-25-19(10-6-7-13(2)12-19)18(22)20-14-8-9-16(23-3)15(11-14)17(21)24-4/h8-9,11,13H,5-7,10,12H2,1-4H3,(H,20,22)/t13-,19-/m0/s1. The van der Waals surface area contributed by atoms with Gasteiger partial charge in [0.2, 0.25) is 0 Å². The van der Waals surface area contributed by atoms with Gasteiger partial charge in [-0.25, -0.2) is 4.79 Å². The van der Waals surface area contributed by atoms with Crippen LogP contribution in [0, 0.1) is 5.92 Å². The van der Waals surface area contributed by atoms with E-state index in [0.717, 1.165) is 12.8 Å². The summed E-state index contributed by atoms with van der Waals surface area (Å²) in [5.41, 5.74) is -0.0219. The summed E-state index contributed by atoms with van der Waals surface area (Å²) >= 11 is 0. The smallest absolute Gasteiger partial charge is 0.341 e. The molecule has 0 bridgehead atoms. The summed E-state index contributed by atoms with van der Waals surface area (Å²) in [6, 6.07) is 4.91. The third kappa shape index (κ3) is 4.31. The number of amides is 1. The Hall–Kier alpha value is -2.08. The maximum atomic E-state index is 12.9. The van der Waals surface area contributed by atoms with Gasteiger partial charge in [-0.3, -0.25) is 4.79 Å². The highest BCUT2D eigenvalue weighted by Gasteiger charge is 2.42. The number of esters is 1. The number of anilines is 1. The van der Waals surface area contributed by atoms with Gasteiger partial charge in [0.15, 0.2) is 0 Å². The van der Waals surface area contributed by atoms with Crippen molar-refractivity contribution >= 4 is 17.6 Å². The van der Waals surface area contributed by atoms with E-state index in [4.69, 9.17) is 14.2 Å². The van der Waals surface area contributed by atoms with Crippen LogP contribution in [0.4, 0.5) is 5.69 Å². The molecule has 25 heavy (non-hydrogen) atoms. The summed E-state index contributed by atoms with van der Waals surface area (Å²) in [7, 11) is 2.79. The van der Waals surface area contributed by atoms with Crippen molar-refractivity contribution in [2.75, 3.05) is 26.1 Å². The third-order valence-electron chi connectivity index (χ3n) is 4.65. The van der Waals surface area contributed by atoms with E-state index in [2.05, 4.69) is 12.2 Å². The van der Waals surface area contributed by atoms with Crippen LogP contribution in [0.5, 0.6) is 5.75 Å². The van der Waals surface area contributed by atoms with Crippen molar-refractivity contribution in [2.24, 2.45) is 5.92 Å². The van der Waals surface area contributed by atoms with Crippen molar-refractivity contribution in [3.05, 3.63) is 23.8 Å². The number of ether oxygens (including phenoxy) is 3. The van der Waals surface area contributed by atoms with Gasteiger partial charge in [-0.05, 0) is 50.3 Å². The lowest BCUT2D eigenvalue weighted by molar-refractivity contribution is -0.147. The van der Waals surface area contributed by atoms with Gasteiger partial charge in [0.25, 0.3) is 5.91 Å². The topological polar surface area (TPSA) is 73.9 Å². The predicted octanol–water partition coefficient (Wildman–Crippen LogP) is 3.41. The Morgan fingerprint density at radius 3 is 2.68 bits per heavy atom. The fraction of sp³-hybridized carbons (Fsp3) is 0.579. The number of methoxy groups -OCH3 is 2. The minimum atomic E-state index is -0.808. The zero-order chi connectivity index (χ0) is 18.4. The van der Waals surface area contributed by atoms with Gasteiger partial charge in [0, 0.05) is 12.3 Å². The SMILES string of the molecule is CCO[C@@]1(C(=O)Nc2ccc(OC)c(C(=O)OC)c2)CCC[C@H](C)C1. The molecule has 1 aliphatic rings. The van der Waals surface area contributed by atoms with Crippen LogP contribution in [0.2, 0.25) is 0 Å². The Kier molecular flexibility index (Phi) is 6.42. The molecule has 0 radical (unpaired) electrons. The zero-order valence-corrected chi connectivity index (χ0v) is 15.4. The monoisotopic (exact) mass is 349 g/mol. The highest BCUT2D eigenvalue weighted by atomic mass is 16.5. The fourth-order valence-corrected chi connectivity index (χ4v) is 3.48. The van der Waals surface area contributed by atoms with Crippen molar-refractivity contribution < 1.29 is 23.8 Å². The number of benzene rings is 1. The molecule has 1 fully saturated rings. The van der Waals surface area contributed by atoms with E-state index in [9.17, 15) is 9.59 Å². The van der Waals surface area contributed by atoms with Crippen molar-refractivity contribution in [1.82, 2.24) is 0 Å². The molecular weight excluding hydrogens is 322 g/mol. The number of nitrogens with one attached hydrogen (secondary N) is 1. The largest absolute Gasteiger partial charge is 0.496 e. The van der Waals surface area contributed by atoms with Crippen LogP contribution in [0.25, 0.3) is 0 Å². The molecule has 1 amide bonds. The molecule has 6 nitrogen and oxygen atoms in total. The molecule has 0 aliphatic heterocycles. The van der Waals surface area contributed by atoms with Gasteiger partial charge >= 0.3 is 5.97 Å². The Morgan fingerprint density at radius 2 is 2.08 bits per heavy atom. The summed E-state index contributed by atoms with van der Waals surface area (Å²) in [5, 5.41) is 2.90. The van der Waals surface area contributed by atoms with Gasteiger partial charge in [0.05, 0.1) is 14.2 Å². The van der Waals surface area contributed by atoms with Crippen molar-refractivity contribution in [3.8, 4) is 5.75 Å². The zero-order valence-electron chi connectivity index (χ0n) is 15.4. The molecule has 0 saturated heterocycles. The lowest BCUT2D eigenvalue weighted by Gasteiger charge is -2.38. The molecule has 1 N–H and O–H groups in total. The second-order valence-electron chi connectivity index (χ2n) is 6.49. The average molecular weight is 349 g/mol. The molecule has 1 aromatic carbocycles. The van der Waals surface area contributed by atoms with Crippen LogP contribution in [-0.2, 0) is 14.3 Å². The van der Waals surface area contributed by atoms with Gasteiger partial charge in [-0.2, -0.15) is 0 Å². The molecule has 1 saturated carbocycles. The molecule has 1 aromatic rings. The van der Waals surface area contributed by atoms with E-state index in [0.29, 0.717) is 36.8 Å². The number of rotatable bonds is 6. The summed E-state index contributed by atoms with van der Waals surface area (Å²) in [6.45, 7) is 4.52. The van der Waals surface area contributed by atoms with Gasteiger partial charge < -0.3 is 19.5 Å². The quantitative estimate of drug-likeness (QED) is 0.797. The maximum absolute atomic E-state index is 12.9. The highest BCUT2D eigenvalue weighted by molar-refractivity contribution is 5.99. The number of hydrogen-bond acceptors (Lipinski definition) is 5. The van der Waals surface area contributed by atoms with Crippen LogP contribution >= 0.6 is 0 Å². The minimum absolute atomic E-state index is 0.165. The Bertz CT molecular complexity index is 626. The second-order valence-corrected chi connectivity index (χ2v) is 6.49. The van der Waals surface area contributed by atoms with Crippen LogP contribution in [-0.4, -0.2) is 38.3 Å². The molecule has 0 unspecified atom stereocenters. The van der Waals surface area contributed by atoms with Crippen molar-refractivity contribution in [2.45, 2.75) is 45.1 Å². The van der Waals surface area contributed by atoms with E-state index >= 15 is 0 Å². The summed E-state index contributed by atoms with van der Waals surface area (Å²) in [6.07, 6.45) is 3.48. The molecule has 2 rings (SSSR count). The highest BCUT2D eigenvalue weighted by Crippen LogP contribution is 2.36. The van der Waals surface area contributed by atoms with E-state index in [1.165, 1.54) is 14.2 Å². The summed E-state index contributed by atoms with van der Waals surface area (Å²) < 4.78 is 15.8. The minimum Gasteiger partial charge on any atom is -0.496 e. The Labute approximate surface area is 148 Å². The van der Waals surface area contributed by atoms with Crippen molar-refractivity contribution in [3.63, 3.8) is 0 Å². The predicted molar refractivity (Wildman–Crippen MR) is 95.0 cm³/mol. The summed E-state index contributed by atoms with van der Waals surface area (Å²) in [4.78, 5) is 24.8. The third-order valence-corrected chi connectivity index (χ3v) is 4.65. The van der Waals surface area contributed by atoms with E-state index in [1.807, 2.05) is 6.92 Å². The summed E-state index contributed by atoms with van der Waals surface area (Å²) in [5.74, 6) is 0.156. The lowest BCUT2D eigenvalue weighted by atomic mass is 9.78. The molecule has 138 valence electrons. The van der Waals surface area contributed by atoms with Gasteiger partial charge in [-0.1, -0.05) is 13.3 Å². The molecule has 0 aromatic heterocycles. The number of carbonyl (C=O) groups excluding carboxylic acids is 2. The van der Waals surface area contributed by atoms with Crippen molar-refractivity contribution in [1.29, 1.82) is 0 Å². The molecular formula is C19H27NO5. The normalized spacial score (nSPS) is 23.0. The first-order valence-corrected chi connectivity index (χ1v) is 8.67. The lowest BCUT2D eigenvalue weighted by Crippen LogP contribution is -2.48. The van der Waals surface area contributed by atoms with E-state index in [-0.39, 0.29) is 11.5 Å². The van der Waals surface area contributed by atoms with E-state index in [1.54, 1.807) is 18.2 Å². The number of carbonyl (C=O) groups is 2. The maximum Gasteiger partial charge on any atom is 0.341 e. The van der Waals surface area contributed by atoms with Crippen LogP contribution < -0.4 is 10.1 Å². The van der Waals surface area contributed by atoms with Crippen LogP contribution in [0.1, 0.15) is 49.9 Å². The van der Waals surface area contributed by atoms with Crippen LogP contribution in [0.15, 0.2) is 18.2 Å². The van der Waals surface area contributed by atoms with E-state index < -0.39 is 11.6 Å². The molecule has 1 aliphatic carbocycles. The molecule has 6 heteroatoms. The fourth-order valence-electron chi connectivity index (χ4n) is 3.48. The average Bonchev–Trinajstić information content (AvgIpc) is 2.61. The van der Waals surface area contributed by atoms with Crippen LogP contribution in [0.3, 0.4) is 0 Å². The second kappa shape index (κ2) is 8.34. The van der Waals surface area contributed by atoms with Gasteiger partial charge in [-0.15, -0.1) is 0 Å². The first-order chi connectivity index (χ1) is 12.0. The first kappa shape index (κ1) is 19.2. The van der Waals surface area contributed by atoms with Gasteiger partial charge in [0.1, 0.15) is 16.9 Å². The Balaban J connectivity index is 2.25. The first-order valence-electron chi connectivity index (χ1n) is 8.67. The molecule has 0 heterocycles.